The van der Waals surface area contributed by atoms with Crippen LogP contribution in [-0.4, -0.2) is 40.3 Å². The van der Waals surface area contributed by atoms with E-state index in [9.17, 15) is 14.4 Å². The van der Waals surface area contributed by atoms with E-state index in [1.54, 1.807) is 24.3 Å². The molecule has 0 radical (unpaired) electrons. The smallest absolute Gasteiger partial charge is 0.325 e. The van der Waals surface area contributed by atoms with Gasteiger partial charge in [-0.3, -0.25) is 19.0 Å². The van der Waals surface area contributed by atoms with Gasteiger partial charge in [0.1, 0.15) is 6.54 Å². The highest BCUT2D eigenvalue weighted by molar-refractivity contribution is 7.99. The molecular formula is C18H23N3O4S. The average molecular weight is 377 g/mol. The molecule has 0 saturated heterocycles. The molecule has 0 bridgehead atoms. The van der Waals surface area contributed by atoms with Gasteiger partial charge in [0, 0.05) is 6.04 Å². The van der Waals surface area contributed by atoms with E-state index < -0.39 is 5.97 Å². The van der Waals surface area contributed by atoms with Crippen LogP contribution in [0.5, 0.6) is 0 Å². The van der Waals surface area contributed by atoms with Gasteiger partial charge in [0.25, 0.3) is 5.56 Å². The maximum atomic E-state index is 12.7. The largest absolute Gasteiger partial charge is 0.468 e. The molecule has 0 fully saturated rings. The Labute approximate surface area is 156 Å². The summed E-state index contributed by atoms with van der Waals surface area (Å²) in [5, 5.41) is 3.64. The topological polar surface area (TPSA) is 90.3 Å². The molecule has 1 atom stereocenters. The molecule has 26 heavy (non-hydrogen) atoms. The monoisotopic (exact) mass is 377 g/mol. The summed E-state index contributed by atoms with van der Waals surface area (Å²) in [5.74, 6) is -0.574. The molecule has 1 heterocycles. The summed E-state index contributed by atoms with van der Waals surface area (Å²) in [6.45, 7) is 3.76. The number of carbonyl (C=O) groups excluding carboxylic acids is 2. The third-order valence-electron chi connectivity index (χ3n) is 3.80. The molecule has 1 aromatic carbocycles. The van der Waals surface area contributed by atoms with Crippen LogP contribution in [0.25, 0.3) is 10.9 Å². The molecule has 0 unspecified atom stereocenters. The lowest BCUT2D eigenvalue weighted by Gasteiger charge is -2.14. The molecule has 8 heteroatoms. The van der Waals surface area contributed by atoms with Gasteiger partial charge in [-0.1, -0.05) is 37.2 Å². The van der Waals surface area contributed by atoms with E-state index in [2.05, 4.69) is 22.0 Å². The number of para-hydroxylation sites is 1. The minimum Gasteiger partial charge on any atom is -0.468 e. The molecule has 2 aromatic rings. The Kier molecular flexibility index (Phi) is 7.20. The molecule has 7 nitrogen and oxygen atoms in total. The maximum absolute atomic E-state index is 12.7. The van der Waals surface area contributed by atoms with E-state index in [-0.39, 0.29) is 29.8 Å². The van der Waals surface area contributed by atoms with Crippen LogP contribution in [0.3, 0.4) is 0 Å². The zero-order chi connectivity index (χ0) is 19.1. The van der Waals surface area contributed by atoms with Crippen molar-refractivity contribution in [2.24, 2.45) is 0 Å². The maximum Gasteiger partial charge on any atom is 0.325 e. The van der Waals surface area contributed by atoms with Crippen LogP contribution in [0.4, 0.5) is 0 Å². The number of aromatic nitrogens is 2. The van der Waals surface area contributed by atoms with Crippen LogP contribution in [0.1, 0.15) is 26.7 Å². The number of hydrogen-bond acceptors (Lipinski definition) is 6. The summed E-state index contributed by atoms with van der Waals surface area (Å²) in [7, 11) is 1.26. The predicted octanol–water partition coefficient (Wildman–Crippen LogP) is 1.97. The van der Waals surface area contributed by atoms with Gasteiger partial charge in [0.15, 0.2) is 5.16 Å². The summed E-state index contributed by atoms with van der Waals surface area (Å²) < 4.78 is 5.92. The van der Waals surface area contributed by atoms with Crippen LogP contribution in [0.15, 0.2) is 34.2 Å². The number of esters is 1. The highest BCUT2D eigenvalue weighted by Gasteiger charge is 2.16. The normalized spacial score (nSPS) is 12.0. The van der Waals surface area contributed by atoms with Gasteiger partial charge < -0.3 is 10.1 Å². The van der Waals surface area contributed by atoms with Crippen molar-refractivity contribution in [3.63, 3.8) is 0 Å². The zero-order valence-corrected chi connectivity index (χ0v) is 16.0. The summed E-state index contributed by atoms with van der Waals surface area (Å²) in [4.78, 5) is 40.9. The lowest BCUT2D eigenvalue weighted by molar-refractivity contribution is -0.141. The minimum absolute atomic E-state index is 0.0925. The van der Waals surface area contributed by atoms with E-state index in [1.807, 2.05) is 6.92 Å². The van der Waals surface area contributed by atoms with E-state index >= 15 is 0 Å². The van der Waals surface area contributed by atoms with E-state index in [0.29, 0.717) is 16.1 Å². The first kappa shape index (κ1) is 20.0. The molecule has 0 spiro atoms. The number of nitrogens with zero attached hydrogens (tertiary/aromatic N) is 2. The number of thioether (sulfide) groups is 1. The Morgan fingerprint density at radius 3 is 2.77 bits per heavy atom. The second kappa shape index (κ2) is 9.38. The second-order valence-corrected chi connectivity index (χ2v) is 6.87. The van der Waals surface area contributed by atoms with Crippen molar-refractivity contribution < 1.29 is 14.3 Å². The molecule has 1 amide bonds. The first-order valence-corrected chi connectivity index (χ1v) is 9.43. The van der Waals surface area contributed by atoms with E-state index in [4.69, 9.17) is 0 Å². The fourth-order valence-electron chi connectivity index (χ4n) is 2.54. The second-order valence-electron chi connectivity index (χ2n) is 5.92. The minimum atomic E-state index is -0.549. The fourth-order valence-corrected chi connectivity index (χ4v) is 3.35. The number of hydrogen-bond donors (Lipinski definition) is 1. The number of amides is 1. The first-order valence-electron chi connectivity index (χ1n) is 8.44. The van der Waals surface area contributed by atoms with Crippen molar-refractivity contribution in [1.29, 1.82) is 0 Å². The van der Waals surface area contributed by atoms with Crippen LogP contribution >= 0.6 is 11.8 Å². The number of rotatable bonds is 8. The molecule has 2 rings (SSSR count). The summed E-state index contributed by atoms with van der Waals surface area (Å²) in [6, 6.07) is 7.00. The van der Waals surface area contributed by atoms with Gasteiger partial charge in [-0.25, -0.2) is 4.98 Å². The number of fused-ring (bicyclic) bond motifs is 1. The Hall–Kier alpha value is -2.35. The van der Waals surface area contributed by atoms with Crippen LogP contribution < -0.4 is 10.9 Å². The zero-order valence-electron chi connectivity index (χ0n) is 15.2. The Bertz CT molecular complexity index is 850. The van der Waals surface area contributed by atoms with Crippen molar-refractivity contribution in [1.82, 2.24) is 14.9 Å². The van der Waals surface area contributed by atoms with Crippen LogP contribution in [0.2, 0.25) is 0 Å². The molecule has 1 N–H and O–H groups in total. The molecule has 0 aliphatic carbocycles. The molecule has 0 aliphatic rings. The first-order chi connectivity index (χ1) is 12.5. The van der Waals surface area contributed by atoms with E-state index in [1.165, 1.54) is 11.7 Å². The Balaban J connectivity index is 2.26. The third-order valence-corrected chi connectivity index (χ3v) is 4.78. The highest BCUT2D eigenvalue weighted by atomic mass is 32.2. The fraction of sp³-hybridized carbons (Fsp3) is 0.444. The van der Waals surface area contributed by atoms with Crippen molar-refractivity contribution in [2.75, 3.05) is 12.9 Å². The van der Waals surface area contributed by atoms with Crippen molar-refractivity contribution >= 4 is 34.5 Å². The summed E-state index contributed by atoms with van der Waals surface area (Å²) in [5.41, 5.74) is 0.198. The van der Waals surface area contributed by atoms with Crippen molar-refractivity contribution in [3.8, 4) is 0 Å². The molecule has 0 saturated carbocycles. The molecule has 0 aliphatic heterocycles. The van der Waals surface area contributed by atoms with Gasteiger partial charge in [0.2, 0.25) is 5.91 Å². The predicted molar refractivity (Wildman–Crippen MR) is 101 cm³/mol. The van der Waals surface area contributed by atoms with Crippen molar-refractivity contribution in [2.45, 2.75) is 44.4 Å². The van der Waals surface area contributed by atoms with Gasteiger partial charge in [0.05, 0.1) is 23.8 Å². The third kappa shape index (κ3) is 5.08. The Morgan fingerprint density at radius 2 is 2.08 bits per heavy atom. The van der Waals surface area contributed by atoms with Gasteiger partial charge in [-0.05, 0) is 25.5 Å². The molecule has 1 aromatic heterocycles. The highest BCUT2D eigenvalue weighted by Crippen LogP contribution is 2.18. The van der Waals surface area contributed by atoms with E-state index in [0.717, 1.165) is 24.6 Å². The number of benzene rings is 1. The van der Waals surface area contributed by atoms with Gasteiger partial charge in [-0.2, -0.15) is 0 Å². The number of ether oxygens (including phenoxy) is 1. The summed E-state index contributed by atoms with van der Waals surface area (Å²) in [6.07, 6.45) is 1.89. The lowest BCUT2D eigenvalue weighted by atomic mass is 10.2. The lowest BCUT2D eigenvalue weighted by Crippen LogP contribution is -2.34. The molecule has 140 valence electrons. The van der Waals surface area contributed by atoms with Crippen LogP contribution in [-0.2, 0) is 20.9 Å². The summed E-state index contributed by atoms with van der Waals surface area (Å²) >= 11 is 1.13. The molecular weight excluding hydrogens is 354 g/mol. The average Bonchev–Trinajstić information content (AvgIpc) is 2.62. The number of methoxy groups -OCH3 is 1. The van der Waals surface area contributed by atoms with Gasteiger partial charge in [-0.15, -0.1) is 0 Å². The Morgan fingerprint density at radius 1 is 1.35 bits per heavy atom. The van der Waals surface area contributed by atoms with Gasteiger partial charge >= 0.3 is 5.97 Å². The quantitative estimate of drug-likeness (QED) is 0.430. The number of nitrogens with one attached hydrogen (secondary N) is 1. The number of carbonyl (C=O) groups is 2. The van der Waals surface area contributed by atoms with Crippen LogP contribution in [0, 0.1) is 0 Å². The van der Waals surface area contributed by atoms with Crippen molar-refractivity contribution in [3.05, 3.63) is 34.6 Å². The SMILES string of the molecule is CCC[C@H](C)NC(=O)CSc1nc2ccccc2c(=O)n1CC(=O)OC. The standard InChI is InChI=1S/C18H23N3O4S/c1-4-7-12(2)19-15(22)11-26-18-20-14-9-6-5-8-13(14)17(24)21(18)10-16(23)25-3/h5-6,8-9,12H,4,7,10-11H2,1-3H3,(H,19,22)/t12-/m0/s1.